The van der Waals surface area contributed by atoms with Gasteiger partial charge >= 0.3 is 5.97 Å². The highest BCUT2D eigenvalue weighted by atomic mass is 32.2. The number of hydrogen-bond acceptors (Lipinski definition) is 4. The van der Waals surface area contributed by atoms with Crippen molar-refractivity contribution < 1.29 is 14.7 Å². The van der Waals surface area contributed by atoms with Crippen LogP contribution in [-0.2, 0) is 9.59 Å². The van der Waals surface area contributed by atoms with Crippen LogP contribution in [0.15, 0.2) is 0 Å². The predicted molar refractivity (Wildman–Crippen MR) is 70.1 cm³/mol. The highest BCUT2D eigenvalue weighted by molar-refractivity contribution is 7.98. The van der Waals surface area contributed by atoms with Crippen molar-refractivity contribution >= 4 is 23.6 Å². The highest BCUT2D eigenvalue weighted by Gasteiger charge is 2.15. The van der Waals surface area contributed by atoms with Crippen LogP contribution in [0.2, 0.25) is 0 Å². The third-order valence-corrected chi connectivity index (χ3v) is 3.03. The van der Waals surface area contributed by atoms with Gasteiger partial charge in [-0.1, -0.05) is 0 Å². The zero-order valence-electron chi connectivity index (χ0n) is 10.4. The lowest BCUT2D eigenvalue weighted by molar-refractivity contribution is -0.137. The fourth-order valence-corrected chi connectivity index (χ4v) is 1.85. The minimum atomic E-state index is -0.805. The number of thioether (sulfide) groups is 1. The van der Waals surface area contributed by atoms with E-state index in [2.05, 4.69) is 5.32 Å². The maximum Gasteiger partial charge on any atom is 0.303 e. The van der Waals surface area contributed by atoms with Gasteiger partial charge in [0.25, 0.3) is 0 Å². The molecule has 100 valence electrons. The molecule has 17 heavy (non-hydrogen) atoms. The second-order valence-electron chi connectivity index (χ2n) is 4.08. The van der Waals surface area contributed by atoms with E-state index in [9.17, 15) is 9.59 Å². The molecule has 5 nitrogen and oxygen atoms in total. The van der Waals surface area contributed by atoms with Gasteiger partial charge in [-0.15, -0.1) is 0 Å². The largest absolute Gasteiger partial charge is 0.481 e. The first-order chi connectivity index (χ1) is 7.97. The average molecular weight is 262 g/mol. The van der Waals surface area contributed by atoms with Crippen molar-refractivity contribution in [2.75, 3.05) is 12.0 Å². The van der Waals surface area contributed by atoms with Crippen LogP contribution in [0.1, 0.15) is 32.6 Å². The van der Waals surface area contributed by atoms with Gasteiger partial charge in [0.15, 0.2) is 0 Å². The summed E-state index contributed by atoms with van der Waals surface area (Å²) in [5.41, 5.74) is 5.71. The van der Waals surface area contributed by atoms with Gasteiger partial charge in [-0.2, -0.15) is 11.8 Å². The monoisotopic (exact) mass is 262 g/mol. The summed E-state index contributed by atoms with van der Waals surface area (Å²) in [5, 5.41) is 11.3. The van der Waals surface area contributed by atoms with Crippen molar-refractivity contribution in [3.05, 3.63) is 0 Å². The fourth-order valence-electron chi connectivity index (χ4n) is 1.36. The number of aliphatic carboxylic acids is 1. The second-order valence-corrected chi connectivity index (χ2v) is 5.07. The molecule has 0 aliphatic heterocycles. The van der Waals surface area contributed by atoms with E-state index in [-0.39, 0.29) is 18.4 Å². The molecule has 0 aromatic rings. The molecule has 0 radical (unpaired) electrons. The number of nitrogens with one attached hydrogen (secondary N) is 1. The predicted octanol–water partition coefficient (Wildman–Crippen LogP) is 0.826. The summed E-state index contributed by atoms with van der Waals surface area (Å²) in [6.07, 6.45) is 4.00. The van der Waals surface area contributed by atoms with Crippen LogP contribution in [0.4, 0.5) is 0 Å². The van der Waals surface area contributed by atoms with Crippen molar-refractivity contribution in [3.8, 4) is 0 Å². The maximum atomic E-state index is 11.6. The Morgan fingerprint density at radius 2 is 2.06 bits per heavy atom. The molecular formula is C11H22N2O3S. The van der Waals surface area contributed by atoms with Crippen molar-refractivity contribution in [3.63, 3.8) is 0 Å². The third-order valence-electron chi connectivity index (χ3n) is 2.39. The van der Waals surface area contributed by atoms with Crippen LogP contribution in [0.5, 0.6) is 0 Å². The number of hydrogen-bond donors (Lipinski definition) is 3. The SMILES string of the molecule is CSCC[C@H](N)C(=O)NC(C)CCCC(=O)O. The molecule has 0 aromatic heterocycles. The molecule has 0 aliphatic rings. The van der Waals surface area contributed by atoms with Gasteiger partial charge in [-0.3, -0.25) is 9.59 Å². The van der Waals surface area contributed by atoms with Gasteiger partial charge in [0.1, 0.15) is 0 Å². The van der Waals surface area contributed by atoms with Gasteiger partial charge in [0.2, 0.25) is 5.91 Å². The number of amides is 1. The summed E-state index contributed by atoms with van der Waals surface area (Å²) in [4.78, 5) is 21.9. The molecule has 1 unspecified atom stereocenters. The molecule has 0 rings (SSSR count). The summed E-state index contributed by atoms with van der Waals surface area (Å²) in [5.74, 6) is -0.0933. The topological polar surface area (TPSA) is 92.4 Å². The lowest BCUT2D eigenvalue weighted by Gasteiger charge is -2.17. The second kappa shape index (κ2) is 9.30. The van der Waals surface area contributed by atoms with Crippen LogP contribution < -0.4 is 11.1 Å². The summed E-state index contributed by atoms with van der Waals surface area (Å²) >= 11 is 1.66. The van der Waals surface area contributed by atoms with E-state index in [4.69, 9.17) is 10.8 Å². The molecular weight excluding hydrogens is 240 g/mol. The van der Waals surface area contributed by atoms with E-state index in [1.54, 1.807) is 11.8 Å². The van der Waals surface area contributed by atoms with E-state index in [0.717, 1.165) is 5.75 Å². The van der Waals surface area contributed by atoms with Crippen molar-refractivity contribution in [1.82, 2.24) is 5.32 Å². The first-order valence-corrected chi connectivity index (χ1v) is 7.13. The highest BCUT2D eigenvalue weighted by Crippen LogP contribution is 2.02. The number of carboxylic acid groups (broad SMARTS) is 1. The Hall–Kier alpha value is -0.750. The number of carbonyl (C=O) groups excluding carboxylic acids is 1. The molecule has 0 fully saturated rings. The van der Waals surface area contributed by atoms with Gasteiger partial charge in [0.05, 0.1) is 6.04 Å². The lowest BCUT2D eigenvalue weighted by Crippen LogP contribution is -2.44. The van der Waals surface area contributed by atoms with Crippen LogP contribution in [0, 0.1) is 0 Å². The van der Waals surface area contributed by atoms with Crippen LogP contribution in [-0.4, -0.2) is 41.1 Å². The van der Waals surface area contributed by atoms with Crippen molar-refractivity contribution in [2.24, 2.45) is 5.73 Å². The Morgan fingerprint density at radius 3 is 2.59 bits per heavy atom. The first kappa shape index (κ1) is 16.2. The Kier molecular flexibility index (Phi) is 8.89. The molecule has 4 N–H and O–H groups in total. The molecule has 6 heteroatoms. The minimum Gasteiger partial charge on any atom is -0.481 e. The molecule has 1 amide bonds. The Bertz CT molecular complexity index is 249. The van der Waals surface area contributed by atoms with E-state index in [1.165, 1.54) is 0 Å². The van der Waals surface area contributed by atoms with Crippen molar-refractivity contribution in [2.45, 2.75) is 44.7 Å². The summed E-state index contributed by atoms with van der Waals surface area (Å²) in [7, 11) is 0. The number of carboxylic acids is 1. The summed E-state index contributed by atoms with van der Waals surface area (Å²) < 4.78 is 0. The van der Waals surface area contributed by atoms with Crippen LogP contribution in [0.25, 0.3) is 0 Å². The zero-order valence-corrected chi connectivity index (χ0v) is 11.3. The average Bonchev–Trinajstić information content (AvgIpc) is 2.25. The van der Waals surface area contributed by atoms with Gasteiger partial charge < -0.3 is 16.2 Å². The molecule has 0 aliphatic carbocycles. The van der Waals surface area contributed by atoms with Crippen LogP contribution >= 0.6 is 11.8 Å². The van der Waals surface area contributed by atoms with E-state index >= 15 is 0 Å². The fraction of sp³-hybridized carbons (Fsp3) is 0.818. The molecule has 0 bridgehead atoms. The Balaban J connectivity index is 3.74. The number of carbonyl (C=O) groups is 2. The summed E-state index contributed by atoms with van der Waals surface area (Å²) in [6.45, 7) is 1.86. The Morgan fingerprint density at radius 1 is 1.41 bits per heavy atom. The molecule has 0 saturated carbocycles. The molecule has 0 heterocycles. The van der Waals surface area contributed by atoms with E-state index in [1.807, 2.05) is 13.2 Å². The first-order valence-electron chi connectivity index (χ1n) is 5.74. The Labute approximate surface area is 107 Å². The standard InChI is InChI=1S/C11H22N2O3S/c1-8(4-3-5-10(14)15)13-11(16)9(12)6-7-17-2/h8-9H,3-7,12H2,1-2H3,(H,13,16)(H,14,15)/t8?,9-/m0/s1. The third kappa shape index (κ3) is 9.00. The molecule has 0 aromatic carbocycles. The van der Waals surface area contributed by atoms with Gasteiger partial charge in [-0.05, 0) is 38.2 Å². The lowest BCUT2D eigenvalue weighted by atomic mass is 10.1. The minimum absolute atomic E-state index is 0.0258. The zero-order chi connectivity index (χ0) is 13.3. The number of nitrogens with two attached hydrogens (primary N) is 1. The molecule has 2 atom stereocenters. The normalized spacial score (nSPS) is 14.1. The number of rotatable bonds is 9. The van der Waals surface area contributed by atoms with E-state index < -0.39 is 12.0 Å². The van der Waals surface area contributed by atoms with Gasteiger partial charge in [0, 0.05) is 12.5 Å². The quantitative estimate of drug-likeness (QED) is 0.572. The van der Waals surface area contributed by atoms with Gasteiger partial charge in [-0.25, -0.2) is 0 Å². The smallest absolute Gasteiger partial charge is 0.303 e. The van der Waals surface area contributed by atoms with Crippen LogP contribution in [0.3, 0.4) is 0 Å². The molecule has 0 saturated heterocycles. The van der Waals surface area contributed by atoms with E-state index in [0.29, 0.717) is 19.3 Å². The molecule has 0 spiro atoms. The summed E-state index contributed by atoms with van der Waals surface area (Å²) in [6, 6.07) is -0.494. The van der Waals surface area contributed by atoms with Crippen molar-refractivity contribution in [1.29, 1.82) is 0 Å². The maximum absolute atomic E-state index is 11.6.